The van der Waals surface area contributed by atoms with Gasteiger partial charge in [-0.15, -0.1) is 0 Å². The fourth-order valence-corrected chi connectivity index (χ4v) is 3.65. The zero-order valence-electron chi connectivity index (χ0n) is 11.0. The molecule has 0 bridgehead atoms. The van der Waals surface area contributed by atoms with Crippen molar-refractivity contribution >= 4 is 53.6 Å². The van der Waals surface area contributed by atoms with Gasteiger partial charge in [-0.1, -0.05) is 6.07 Å². The molecule has 0 N–H and O–H groups in total. The van der Waals surface area contributed by atoms with E-state index in [0.717, 1.165) is 18.2 Å². The molecule has 0 unspecified atom stereocenters. The maximum Gasteiger partial charge on any atom is 1.00 e. The Kier molecular flexibility index (Phi) is 8.35. The molecule has 0 aliphatic carbocycles. The van der Waals surface area contributed by atoms with Crippen LogP contribution in [0.1, 0.15) is 0 Å². The molecular formula is C10H5INa2O6S2. The molecule has 11 heteroatoms. The first kappa shape index (κ1) is 22.2. The van der Waals surface area contributed by atoms with Gasteiger partial charge in [-0.05, 0) is 57.6 Å². The van der Waals surface area contributed by atoms with Crippen LogP contribution in [0.2, 0.25) is 0 Å². The van der Waals surface area contributed by atoms with E-state index in [1.165, 1.54) is 12.1 Å². The second kappa shape index (κ2) is 7.88. The predicted octanol–water partition coefficient (Wildman–Crippen LogP) is -4.74. The topological polar surface area (TPSA) is 114 Å². The summed E-state index contributed by atoms with van der Waals surface area (Å²) < 4.78 is 66.1. The molecule has 0 saturated heterocycles. The number of benzene rings is 2. The monoisotopic (exact) mass is 458 g/mol. The molecule has 0 spiro atoms. The molecule has 2 aromatic carbocycles. The quantitative estimate of drug-likeness (QED) is 0.254. The first-order valence-electron chi connectivity index (χ1n) is 4.74. The van der Waals surface area contributed by atoms with E-state index >= 15 is 0 Å². The van der Waals surface area contributed by atoms with Crippen LogP contribution >= 0.6 is 22.6 Å². The van der Waals surface area contributed by atoms with E-state index in [9.17, 15) is 25.9 Å². The van der Waals surface area contributed by atoms with Crippen LogP contribution < -0.4 is 59.1 Å². The Bertz CT molecular complexity index is 875. The summed E-state index contributed by atoms with van der Waals surface area (Å²) in [7, 11) is -9.28. The Balaban J connectivity index is 0.00000200. The van der Waals surface area contributed by atoms with Gasteiger partial charge in [0.05, 0.1) is 9.79 Å². The van der Waals surface area contributed by atoms with Crippen molar-refractivity contribution in [1.82, 2.24) is 0 Å². The average molecular weight is 458 g/mol. The predicted molar refractivity (Wildman–Crippen MR) is 72.6 cm³/mol. The normalized spacial score (nSPS) is 11.6. The van der Waals surface area contributed by atoms with Gasteiger partial charge in [0, 0.05) is 3.57 Å². The van der Waals surface area contributed by atoms with Crippen molar-refractivity contribution in [3.05, 3.63) is 33.9 Å². The fraction of sp³-hybridized carbons (Fsp3) is 0. The van der Waals surface area contributed by atoms with Gasteiger partial charge >= 0.3 is 59.1 Å². The van der Waals surface area contributed by atoms with Crippen molar-refractivity contribution in [2.75, 3.05) is 0 Å². The molecule has 0 radical (unpaired) electrons. The molecule has 0 amide bonds. The molecule has 2 aromatic rings. The summed E-state index contributed by atoms with van der Waals surface area (Å²) in [4.78, 5) is -0.943. The Morgan fingerprint density at radius 3 is 1.76 bits per heavy atom. The minimum Gasteiger partial charge on any atom is -0.744 e. The Hall–Kier alpha value is 1.25. The van der Waals surface area contributed by atoms with E-state index in [0.29, 0.717) is 8.96 Å². The number of rotatable bonds is 2. The van der Waals surface area contributed by atoms with Crippen molar-refractivity contribution in [2.45, 2.75) is 9.79 Å². The third-order valence-corrected chi connectivity index (χ3v) is 4.96. The summed E-state index contributed by atoms with van der Waals surface area (Å²) in [5, 5.41) is 0.763. The summed E-state index contributed by atoms with van der Waals surface area (Å²) in [6, 6.07) is 5.82. The Labute approximate surface area is 179 Å². The summed E-state index contributed by atoms with van der Waals surface area (Å²) in [5.74, 6) is 0. The van der Waals surface area contributed by atoms with Gasteiger partial charge in [-0.25, -0.2) is 16.8 Å². The molecule has 0 aliphatic rings. The van der Waals surface area contributed by atoms with Crippen LogP contribution in [0.4, 0.5) is 0 Å². The molecule has 0 aliphatic heterocycles. The van der Waals surface area contributed by atoms with E-state index < -0.39 is 30.0 Å². The van der Waals surface area contributed by atoms with Crippen molar-refractivity contribution in [3.63, 3.8) is 0 Å². The van der Waals surface area contributed by atoms with Gasteiger partial charge in [-0.3, -0.25) is 0 Å². The molecule has 0 aromatic heterocycles. The second-order valence-corrected chi connectivity index (χ2v) is 7.62. The van der Waals surface area contributed by atoms with Gasteiger partial charge in [0.1, 0.15) is 20.2 Å². The molecule has 102 valence electrons. The SMILES string of the molecule is O=S(=O)([O-])c1ccc2c(I)cc(S(=O)(=O)[O-])cc2c1.[Na+].[Na+]. The number of hydrogen-bond acceptors (Lipinski definition) is 6. The fourth-order valence-electron chi connectivity index (χ4n) is 1.58. The molecule has 21 heavy (non-hydrogen) atoms. The molecule has 6 nitrogen and oxygen atoms in total. The Morgan fingerprint density at radius 1 is 0.810 bits per heavy atom. The average Bonchev–Trinajstić information content (AvgIpc) is 2.25. The van der Waals surface area contributed by atoms with E-state index in [-0.39, 0.29) is 64.5 Å². The van der Waals surface area contributed by atoms with Crippen LogP contribution in [0.25, 0.3) is 10.8 Å². The minimum absolute atomic E-state index is 0. The number of halogens is 1. The van der Waals surface area contributed by atoms with Crippen molar-refractivity contribution in [2.24, 2.45) is 0 Å². The smallest absolute Gasteiger partial charge is 0.744 e. The van der Waals surface area contributed by atoms with Crippen molar-refractivity contribution < 1.29 is 85.1 Å². The van der Waals surface area contributed by atoms with Crippen LogP contribution in [0.5, 0.6) is 0 Å². The standard InChI is InChI=1S/C10H7IO6S2.2Na/c11-10-5-8(19(15,16)17)4-6-3-7(18(12,13)14)1-2-9(6)10;;/h1-5H,(H,12,13,14)(H,15,16,17);;/q;2*+1/p-2. The summed E-state index contributed by atoms with van der Waals surface area (Å²) in [5.41, 5.74) is 0. The zero-order chi connectivity index (χ0) is 14.4. The van der Waals surface area contributed by atoms with Gasteiger partial charge in [0.15, 0.2) is 0 Å². The van der Waals surface area contributed by atoms with Crippen LogP contribution in [0.15, 0.2) is 40.1 Å². The Morgan fingerprint density at radius 2 is 1.29 bits per heavy atom. The summed E-state index contributed by atoms with van der Waals surface area (Å²) >= 11 is 1.83. The second-order valence-electron chi connectivity index (χ2n) is 3.70. The maximum atomic E-state index is 11.0. The third-order valence-electron chi connectivity index (χ3n) is 2.42. The van der Waals surface area contributed by atoms with Crippen LogP contribution in [0.3, 0.4) is 0 Å². The van der Waals surface area contributed by atoms with Crippen LogP contribution in [-0.2, 0) is 20.2 Å². The van der Waals surface area contributed by atoms with Crippen molar-refractivity contribution in [1.29, 1.82) is 0 Å². The molecular weight excluding hydrogens is 453 g/mol. The molecule has 0 atom stereocenters. The molecule has 0 fully saturated rings. The maximum absolute atomic E-state index is 11.0. The van der Waals surface area contributed by atoms with Gasteiger partial charge in [-0.2, -0.15) is 0 Å². The summed E-state index contributed by atoms with van der Waals surface area (Å²) in [6.45, 7) is 0. The third kappa shape index (κ3) is 5.38. The molecule has 2 rings (SSSR count). The van der Waals surface area contributed by atoms with Gasteiger partial charge < -0.3 is 9.11 Å². The first-order valence-corrected chi connectivity index (χ1v) is 8.64. The first-order chi connectivity index (χ1) is 8.59. The molecule has 0 heterocycles. The van der Waals surface area contributed by atoms with Gasteiger partial charge in [0.2, 0.25) is 0 Å². The van der Waals surface area contributed by atoms with E-state index in [2.05, 4.69) is 0 Å². The minimum atomic E-state index is -4.65. The zero-order valence-corrected chi connectivity index (χ0v) is 18.8. The van der Waals surface area contributed by atoms with Crippen LogP contribution in [-0.4, -0.2) is 25.9 Å². The van der Waals surface area contributed by atoms with Crippen LogP contribution in [0, 0.1) is 3.57 Å². The molecule has 0 saturated carbocycles. The van der Waals surface area contributed by atoms with E-state index in [4.69, 9.17) is 0 Å². The van der Waals surface area contributed by atoms with E-state index in [1.54, 1.807) is 0 Å². The van der Waals surface area contributed by atoms with Gasteiger partial charge in [0.25, 0.3) is 0 Å². The van der Waals surface area contributed by atoms with Crippen molar-refractivity contribution in [3.8, 4) is 0 Å². The van der Waals surface area contributed by atoms with E-state index in [1.807, 2.05) is 22.6 Å². The number of hydrogen-bond donors (Lipinski definition) is 0. The number of fused-ring (bicyclic) bond motifs is 1. The summed E-state index contributed by atoms with van der Waals surface area (Å²) in [6.07, 6.45) is 0. The largest absolute Gasteiger partial charge is 1.00 e.